The zero-order chi connectivity index (χ0) is 20.9. The number of hydrogen-bond donors (Lipinski definition) is 3. The molecule has 8 heteroatoms. The van der Waals surface area contributed by atoms with Gasteiger partial charge in [-0.25, -0.2) is 4.98 Å². The normalized spacial score (nSPS) is 10.7. The van der Waals surface area contributed by atoms with Crippen molar-refractivity contribution in [3.63, 3.8) is 0 Å². The monoisotopic (exact) mass is 402 g/mol. The van der Waals surface area contributed by atoms with Crippen LogP contribution in [-0.2, 0) is 11.2 Å². The van der Waals surface area contributed by atoms with Crippen molar-refractivity contribution >= 4 is 34.1 Å². The van der Waals surface area contributed by atoms with Crippen molar-refractivity contribution < 1.29 is 14.0 Å². The summed E-state index contributed by atoms with van der Waals surface area (Å²) in [5, 5.41) is 6.00. The summed E-state index contributed by atoms with van der Waals surface area (Å²) in [6.45, 7) is 0. The molecule has 30 heavy (non-hydrogen) atoms. The molecule has 150 valence electrons. The Morgan fingerprint density at radius 2 is 1.77 bits per heavy atom. The molecule has 0 spiro atoms. The second kappa shape index (κ2) is 8.44. The van der Waals surface area contributed by atoms with Crippen molar-refractivity contribution in [2.75, 3.05) is 10.6 Å². The number of anilines is 2. The summed E-state index contributed by atoms with van der Waals surface area (Å²) in [5.41, 5.74) is 1.43. The molecule has 0 saturated heterocycles. The van der Waals surface area contributed by atoms with Gasteiger partial charge in [-0.2, -0.15) is 0 Å². The van der Waals surface area contributed by atoms with E-state index in [0.717, 1.165) is 0 Å². The molecular weight excluding hydrogens is 384 g/mol. The zero-order valence-corrected chi connectivity index (χ0v) is 15.8. The van der Waals surface area contributed by atoms with Gasteiger partial charge in [0.2, 0.25) is 5.91 Å². The van der Waals surface area contributed by atoms with Gasteiger partial charge in [0.1, 0.15) is 5.82 Å². The van der Waals surface area contributed by atoms with Crippen LogP contribution in [0, 0.1) is 0 Å². The number of para-hydroxylation sites is 1. The fourth-order valence-corrected chi connectivity index (χ4v) is 2.98. The number of nitrogens with one attached hydrogen (secondary N) is 3. The van der Waals surface area contributed by atoms with Gasteiger partial charge in [-0.05, 0) is 42.5 Å². The molecule has 0 aliphatic carbocycles. The van der Waals surface area contributed by atoms with Gasteiger partial charge in [0.25, 0.3) is 11.5 Å². The van der Waals surface area contributed by atoms with E-state index >= 15 is 0 Å². The average Bonchev–Trinajstić information content (AvgIpc) is 3.28. The first-order valence-corrected chi connectivity index (χ1v) is 9.31. The largest absolute Gasteiger partial charge is 0.459 e. The Morgan fingerprint density at radius 3 is 2.57 bits per heavy atom. The predicted octanol–water partition coefficient (Wildman–Crippen LogP) is 3.34. The number of aromatic amines is 1. The van der Waals surface area contributed by atoms with E-state index in [1.165, 1.54) is 6.26 Å². The number of benzene rings is 2. The van der Waals surface area contributed by atoms with Crippen molar-refractivity contribution in [3.8, 4) is 0 Å². The maximum atomic E-state index is 12.3. The van der Waals surface area contributed by atoms with E-state index in [1.54, 1.807) is 54.6 Å². The highest BCUT2D eigenvalue weighted by atomic mass is 16.3. The van der Waals surface area contributed by atoms with E-state index in [0.29, 0.717) is 34.5 Å². The number of furan rings is 1. The fourth-order valence-electron chi connectivity index (χ4n) is 2.98. The average molecular weight is 402 g/mol. The van der Waals surface area contributed by atoms with Crippen LogP contribution in [0.4, 0.5) is 11.4 Å². The van der Waals surface area contributed by atoms with Gasteiger partial charge in [0.15, 0.2) is 5.76 Å². The van der Waals surface area contributed by atoms with E-state index in [4.69, 9.17) is 4.42 Å². The number of rotatable bonds is 6. The van der Waals surface area contributed by atoms with Gasteiger partial charge in [0.05, 0.1) is 17.2 Å². The van der Waals surface area contributed by atoms with Crippen LogP contribution < -0.4 is 16.2 Å². The molecule has 2 amide bonds. The van der Waals surface area contributed by atoms with Gasteiger partial charge >= 0.3 is 0 Å². The Hall–Kier alpha value is -4.20. The number of fused-ring (bicyclic) bond motifs is 1. The van der Waals surface area contributed by atoms with Crippen LogP contribution >= 0.6 is 0 Å². The molecule has 0 fully saturated rings. The Kier molecular flexibility index (Phi) is 5.38. The maximum Gasteiger partial charge on any atom is 0.291 e. The Balaban J connectivity index is 1.37. The number of aromatic nitrogens is 2. The third-order valence-corrected chi connectivity index (χ3v) is 4.40. The van der Waals surface area contributed by atoms with Crippen molar-refractivity contribution in [3.05, 3.63) is 88.9 Å². The van der Waals surface area contributed by atoms with E-state index in [-0.39, 0.29) is 29.6 Å². The standard InChI is InChI=1S/C22H18N4O4/c27-20(11-10-19-25-17-8-2-1-7-16(17)21(28)26-19)23-14-5-3-6-15(13-14)24-22(29)18-9-4-12-30-18/h1-9,12-13H,10-11H2,(H,23,27)(H,24,29)(H,25,26,28). The Morgan fingerprint density at radius 1 is 0.967 bits per heavy atom. The van der Waals surface area contributed by atoms with Crippen molar-refractivity contribution in [1.29, 1.82) is 0 Å². The molecule has 3 N–H and O–H groups in total. The number of amides is 2. The summed E-state index contributed by atoms with van der Waals surface area (Å²) < 4.78 is 5.06. The number of hydrogen-bond acceptors (Lipinski definition) is 5. The van der Waals surface area contributed by atoms with Gasteiger partial charge in [-0.1, -0.05) is 18.2 Å². The van der Waals surface area contributed by atoms with Gasteiger partial charge in [-0.3, -0.25) is 14.4 Å². The highest BCUT2D eigenvalue weighted by Crippen LogP contribution is 2.17. The Labute approximate surface area is 171 Å². The number of carbonyl (C=O) groups is 2. The van der Waals surface area contributed by atoms with Crippen LogP contribution in [0.15, 0.2) is 76.1 Å². The maximum absolute atomic E-state index is 12.3. The molecule has 0 aliphatic heterocycles. The number of aryl methyl sites for hydroxylation is 1. The fraction of sp³-hybridized carbons (Fsp3) is 0.0909. The smallest absolute Gasteiger partial charge is 0.291 e. The molecule has 0 radical (unpaired) electrons. The predicted molar refractivity (Wildman–Crippen MR) is 112 cm³/mol. The molecule has 8 nitrogen and oxygen atoms in total. The minimum Gasteiger partial charge on any atom is -0.459 e. The molecule has 0 atom stereocenters. The lowest BCUT2D eigenvalue weighted by Crippen LogP contribution is -2.16. The van der Waals surface area contributed by atoms with Crippen molar-refractivity contribution in [2.24, 2.45) is 0 Å². The lowest BCUT2D eigenvalue weighted by molar-refractivity contribution is -0.116. The van der Waals surface area contributed by atoms with Gasteiger partial charge < -0.3 is 20.0 Å². The lowest BCUT2D eigenvalue weighted by Gasteiger charge is -2.08. The Bertz CT molecular complexity index is 1260. The zero-order valence-electron chi connectivity index (χ0n) is 15.8. The van der Waals surface area contributed by atoms with Gasteiger partial charge in [-0.15, -0.1) is 0 Å². The summed E-state index contributed by atoms with van der Waals surface area (Å²) in [6.07, 6.45) is 1.86. The molecule has 4 aromatic rings. The van der Waals surface area contributed by atoms with E-state index in [9.17, 15) is 14.4 Å². The third kappa shape index (κ3) is 4.44. The van der Waals surface area contributed by atoms with Crippen LogP contribution in [0.1, 0.15) is 22.8 Å². The molecule has 2 heterocycles. The molecule has 2 aromatic carbocycles. The van der Waals surface area contributed by atoms with Crippen LogP contribution in [0.5, 0.6) is 0 Å². The van der Waals surface area contributed by atoms with Crippen molar-refractivity contribution in [1.82, 2.24) is 9.97 Å². The first-order valence-electron chi connectivity index (χ1n) is 9.31. The second-order valence-corrected chi connectivity index (χ2v) is 6.59. The summed E-state index contributed by atoms with van der Waals surface area (Å²) in [6, 6.07) is 17.0. The second-order valence-electron chi connectivity index (χ2n) is 6.59. The van der Waals surface area contributed by atoms with E-state index in [2.05, 4.69) is 20.6 Å². The van der Waals surface area contributed by atoms with Gasteiger partial charge in [0, 0.05) is 24.2 Å². The van der Waals surface area contributed by atoms with E-state index in [1.807, 2.05) is 6.07 Å². The summed E-state index contributed by atoms with van der Waals surface area (Å²) >= 11 is 0. The molecule has 4 rings (SSSR count). The molecule has 0 saturated carbocycles. The van der Waals surface area contributed by atoms with Crippen molar-refractivity contribution in [2.45, 2.75) is 12.8 Å². The minimum atomic E-state index is -0.380. The molecule has 0 aliphatic rings. The van der Waals surface area contributed by atoms with Crippen LogP contribution in [0.3, 0.4) is 0 Å². The molecule has 2 aromatic heterocycles. The summed E-state index contributed by atoms with van der Waals surface area (Å²) in [7, 11) is 0. The first kappa shape index (κ1) is 19.1. The van der Waals surface area contributed by atoms with Crippen LogP contribution in [0.25, 0.3) is 10.9 Å². The quantitative estimate of drug-likeness (QED) is 0.457. The summed E-state index contributed by atoms with van der Waals surface area (Å²) in [5.74, 6) is 0.0322. The highest BCUT2D eigenvalue weighted by Gasteiger charge is 2.10. The number of carbonyl (C=O) groups excluding carboxylic acids is 2. The summed E-state index contributed by atoms with van der Waals surface area (Å²) in [4.78, 5) is 43.6. The topological polar surface area (TPSA) is 117 Å². The SMILES string of the molecule is O=C(CCc1nc2ccccc2c(=O)[nH]1)Nc1cccc(NC(=O)c2ccco2)c1. The highest BCUT2D eigenvalue weighted by molar-refractivity contribution is 6.02. The third-order valence-electron chi connectivity index (χ3n) is 4.40. The molecular formula is C22H18N4O4. The lowest BCUT2D eigenvalue weighted by atomic mass is 10.2. The first-order chi connectivity index (χ1) is 14.6. The number of nitrogens with zero attached hydrogens (tertiary/aromatic N) is 1. The van der Waals surface area contributed by atoms with E-state index < -0.39 is 0 Å². The van der Waals surface area contributed by atoms with Crippen LogP contribution in [0.2, 0.25) is 0 Å². The molecule has 0 unspecified atom stereocenters. The van der Waals surface area contributed by atoms with Crippen LogP contribution in [-0.4, -0.2) is 21.8 Å². The molecule has 0 bridgehead atoms. The number of H-pyrrole nitrogens is 1. The minimum absolute atomic E-state index is 0.143.